The van der Waals surface area contributed by atoms with E-state index in [-0.39, 0.29) is 12.0 Å². The van der Waals surface area contributed by atoms with Gasteiger partial charge in [-0.3, -0.25) is 9.78 Å². The molecule has 24 heavy (non-hydrogen) atoms. The van der Waals surface area contributed by atoms with Gasteiger partial charge < -0.3 is 4.74 Å². The first-order valence-electron chi connectivity index (χ1n) is 7.84. The predicted octanol–water partition coefficient (Wildman–Crippen LogP) is 4.37. The van der Waals surface area contributed by atoms with Gasteiger partial charge >= 0.3 is 5.97 Å². The topological polar surface area (TPSA) is 88.0 Å². The summed E-state index contributed by atoms with van der Waals surface area (Å²) in [6.45, 7) is 0. The quantitative estimate of drug-likeness (QED) is 0.237. The van der Waals surface area contributed by atoms with E-state index >= 15 is 0 Å². The molecule has 0 radical (unpaired) electrons. The van der Waals surface area contributed by atoms with E-state index in [1.165, 1.54) is 12.7 Å². The molecule has 0 aliphatic rings. The monoisotopic (exact) mass is 324 g/mol. The zero-order chi connectivity index (χ0) is 17.2. The van der Waals surface area contributed by atoms with Crippen molar-refractivity contribution in [3.05, 3.63) is 75.9 Å². The van der Waals surface area contributed by atoms with E-state index in [0.717, 1.165) is 30.4 Å². The van der Waals surface area contributed by atoms with Crippen molar-refractivity contribution in [3.63, 3.8) is 0 Å². The van der Waals surface area contributed by atoms with Gasteiger partial charge in [-0.15, -0.1) is 0 Å². The number of esters is 1. The molecule has 1 aromatic carbocycles. The SMILES string of the molecule is COC(=O)CCCCc1ccc(C(N=[N+]=[N-])c2cccnc2)cc1. The fourth-order valence-corrected chi connectivity index (χ4v) is 2.48. The lowest BCUT2D eigenvalue weighted by Gasteiger charge is -2.12. The molecule has 6 heteroatoms. The molecular weight excluding hydrogens is 304 g/mol. The molecule has 0 bridgehead atoms. The van der Waals surface area contributed by atoms with Crippen LogP contribution in [0, 0.1) is 0 Å². The van der Waals surface area contributed by atoms with Crippen LogP contribution in [0.2, 0.25) is 0 Å². The molecule has 0 fully saturated rings. The lowest BCUT2D eigenvalue weighted by atomic mass is 9.98. The summed E-state index contributed by atoms with van der Waals surface area (Å²) in [7, 11) is 1.41. The summed E-state index contributed by atoms with van der Waals surface area (Å²) in [5.74, 6) is -0.168. The Kier molecular flexibility index (Phi) is 6.80. The van der Waals surface area contributed by atoms with Gasteiger partial charge in [-0.1, -0.05) is 35.4 Å². The van der Waals surface area contributed by atoms with E-state index in [1.807, 2.05) is 36.4 Å². The molecule has 0 saturated carbocycles. The number of aryl methyl sites for hydroxylation is 1. The maximum absolute atomic E-state index is 11.1. The first-order valence-corrected chi connectivity index (χ1v) is 7.84. The van der Waals surface area contributed by atoms with Gasteiger partial charge in [0, 0.05) is 23.7 Å². The number of hydrogen-bond donors (Lipinski definition) is 0. The molecule has 1 unspecified atom stereocenters. The largest absolute Gasteiger partial charge is 0.469 e. The third kappa shape index (κ3) is 5.11. The molecule has 0 saturated heterocycles. The van der Waals surface area contributed by atoms with Crippen LogP contribution in [0.25, 0.3) is 10.4 Å². The highest BCUT2D eigenvalue weighted by atomic mass is 16.5. The molecule has 0 spiro atoms. The minimum Gasteiger partial charge on any atom is -0.469 e. The number of methoxy groups -OCH3 is 1. The number of unbranched alkanes of at least 4 members (excludes halogenated alkanes) is 1. The van der Waals surface area contributed by atoms with Crippen LogP contribution >= 0.6 is 0 Å². The van der Waals surface area contributed by atoms with Crippen LogP contribution in [0.4, 0.5) is 0 Å². The fraction of sp³-hybridized carbons (Fsp3) is 0.333. The second kappa shape index (κ2) is 9.33. The number of pyridine rings is 1. The van der Waals surface area contributed by atoms with Crippen molar-refractivity contribution < 1.29 is 9.53 Å². The van der Waals surface area contributed by atoms with E-state index in [0.29, 0.717) is 6.42 Å². The van der Waals surface area contributed by atoms with Gasteiger partial charge in [0.15, 0.2) is 0 Å². The minimum absolute atomic E-state index is 0.168. The van der Waals surface area contributed by atoms with Crippen LogP contribution in [-0.2, 0) is 16.0 Å². The Balaban J connectivity index is 1.99. The van der Waals surface area contributed by atoms with Crippen LogP contribution in [0.1, 0.15) is 42.0 Å². The Morgan fingerprint density at radius 1 is 1.25 bits per heavy atom. The summed E-state index contributed by atoms with van der Waals surface area (Å²) in [5, 5.41) is 3.89. The van der Waals surface area contributed by atoms with Gasteiger partial charge in [-0.05, 0) is 47.6 Å². The average molecular weight is 324 g/mol. The summed E-state index contributed by atoms with van der Waals surface area (Å²) >= 11 is 0. The highest BCUT2D eigenvalue weighted by molar-refractivity contribution is 5.68. The van der Waals surface area contributed by atoms with Gasteiger partial charge in [0.05, 0.1) is 13.2 Å². The van der Waals surface area contributed by atoms with E-state index in [1.54, 1.807) is 12.4 Å². The molecule has 0 aliphatic heterocycles. The van der Waals surface area contributed by atoms with Crippen molar-refractivity contribution in [2.24, 2.45) is 5.11 Å². The Labute approximate surface area is 141 Å². The van der Waals surface area contributed by atoms with Crippen molar-refractivity contribution in [3.8, 4) is 0 Å². The summed E-state index contributed by atoms with van der Waals surface area (Å²) in [4.78, 5) is 18.1. The molecule has 124 valence electrons. The maximum Gasteiger partial charge on any atom is 0.305 e. The molecule has 0 aliphatic carbocycles. The van der Waals surface area contributed by atoms with Crippen molar-refractivity contribution in [2.75, 3.05) is 7.11 Å². The van der Waals surface area contributed by atoms with Crippen LogP contribution in [-0.4, -0.2) is 18.1 Å². The fourth-order valence-electron chi connectivity index (χ4n) is 2.48. The van der Waals surface area contributed by atoms with Gasteiger partial charge in [-0.25, -0.2) is 0 Å². The van der Waals surface area contributed by atoms with E-state index < -0.39 is 0 Å². The lowest BCUT2D eigenvalue weighted by Crippen LogP contribution is -2.00. The molecular formula is C18H20N4O2. The highest BCUT2D eigenvalue weighted by Gasteiger charge is 2.12. The normalized spacial score (nSPS) is 11.4. The zero-order valence-corrected chi connectivity index (χ0v) is 13.6. The molecule has 1 aromatic heterocycles. The smallest absolute Gasteiger partial charge is 0.305 e. The van der Waals surface area contributed by atoms with E-state index in [2.05, 4.69) is 19.7 Å². The van der Waals surface area contributed by atoms with E-state index in [4.69, 9.17) is 5.53 Å². The van der Waals surface area contributed by atoms with Gasteiger partial charge in [0.25, 0.3) is 0 Å². The van der Waals surface area contributed by atoms with Crippen molar-refractivity contribution in [1.29, 1.82) is 0 Å². The minimum atomic E-state index is -0.378. The molecule has 0 amide bonds. The van der Waals surface area contributed by atoms with Crippen LogP contribution in [0.3, 0.4) is 0 Å². The number of aromatic nitrogens is 1. The van der Waals surface area contributed by atoms with Crippen LogP contribution in [0.5, 0.6) is 0 Å². The van der Waals surface area contributed by atoms with Gasteiger partial charge in [0.2, 0.25) is 0 Å². The lowest BCUT2D eigenvalue weighted by molar-refractivity contribution is -0.140. The van der Waals surface area contributed by atoms with Gasteiger partial charge in [0.1, 0.15) is 0 Å². The third-order valence-corrected chi connectivity index (χ3v) is 3.79. The number of carbonyl (C=O) groups is 1. The number of ether oxygens (including phenoxy) is 1. The number of nitrogens with zero attached hydrogens (tertiary/aromatic N) is 4. The second-order valence-electron chi connectivity index (χ2n) is 5.42. The second-order valence-corrected chi connectivity index (χ2v) is 5.42. The van der Waals surface area contributed by atoms with Crippen LogP contribution in [0.15, 0.2) is 53.9 Å². The number of benzene rings is 1. The third-order valence-electron chi connectivity index (χ3n) is 3.79. The van der Waals surface area contributed by atoms with Crippen molar-refractivity contribution in [2.45, 2.75) is 31.7 Å². The Hall–Kier alpha value is -2.85. The summed E-state index contributed by atoms with van der Waals surface area (Å²) in [6.07, 6.45) is 6.49. The number of azide groups is 1. The molecule has 2 aromatic rings. The highest BCUT2D eigenvalue weighted by Crippen LogP contribution is 2.26. The van der Waals surface area contributed by atoms with Gasteiger partial charge in [-0.2, -0.15) is 0 Å². The number of carbonyl (C=O) groups excluding carboxylic acids is 1. The Morgan fingerprint density at radius 2 is 2.04 bits per heavy atom. The molecule has 1 heterocycles. The maximum atomic E-state index is 11.1. The van der Waals surface area contributed by atoms with Crippen LogP contribution < -0.4 is 0 Å². The van der Waals surface area contributed by atoms with Crippen molar-refractivity contribution >= 4 is 5.97 Å². The summed E-state index contributed by atoms with van der Waals surface area (Å²) < 4.78 is 4.63. The standard InChI is InChI=1S/C18H20N4O2/c1-24-17(23)7-3-2-5-14-8-10-15(11-9-14)18(21-22-19)16-6-4-12-20-13-16/h4,6,8-13,18H,2-3,5,7H2,1H3. The van der Waals surface area contributed by atoms with Crippen molar-refractivity contribution in [1.82, 2.24) is 4.98 Å². The molecule has 0 N–H and O–H groups in total. The number of rotatable bonds is 8. The molecule has 2 rings (SSSR count). The predicted molar refractivity (Wildman–Crippen MR) is 91.2 cm³/mol. The average Bonchev–Trinajstić information content (AvgIpc) is 2.64. The summed E-state index contributed by atoms with van der Waals surface area (Å²) in [6, 6.07) is 11.4. The molecule has 6 nitrogen and oxygen atoms in total. The zero-order valence-electron chi connectivity index (χ0n) is 13.6. The first kappa shape index (κ1) is 17.5. The van der Waals surface area contributed by atoms with E-state index in [9.17, 15) is 4.79 Å². The summed E-state index contributed by atoms with van der Waals surface area (Å²) in [5.41, 5.74) is 11.8. The first-order chi connectivity index (χ1) is 11.7. The Morgan fingerprint density at radius 3 is 2.67 bits per heavy atom. The Bertz CT molecular complexity index is 695. The molecule has 1 atom stereocenters. The number of hydrogen-bond acceptors (Lipinski definition) is 4.